The number of halogens is 2. The van der Waals surface area contributed by atoms with E-state index in [-0.39, 0.29) is 16.7 Å². The van der Waals surface area contributed by atoms with Crippen LogP contribution in [-0.2, 0) is 16.0 Å². The summed E-state index contributed by atoms with van der Waals surface area (Å²) in [6, 6.07) is 14.4. The third-order valence-electron chi connectivity index (χ3n) is 5.50. The van der Waals surface area contributed by atoms with Crippen molar-refractivity contribution in [2.45, 2.75) is 19.3 Å². The number of nitrogens with zero attached hydrogens (tertiary/aromatic N) is 2. The Balaban J connectivity index is 1.43. The molecule has 0 radical (unpaired) electrons. The average molecular weight is 416 g/mol. The van der Waals surface area contributed by atoms with Crippen LogP contribution in [0.5, 0.6) is 0 Å². The zero-order valence-corrected chi connectivity index (χ0v) is 16.8. The van der Waals surface area contributed by atoms with E-state index in [4.69, 9.17) is 26.3 Å². The van der Waals surface area contributed by atoms with Gasteiger partial charge in [-0.25, -0.2) is 4.39 Å². The quantitative estimate of drug-likeness (QED) is 0.779. The molecule has 152 valence electrons. The largest absolute Gasteiger partial charge is 0.367 e. The smallest absolute Gasteiger partial charge is 0.159 e. The molecule has 4 rings (SSSR count). The Hall–Kier alpha value is -2.17. The molecule has 2 fully saturated rings. The first-order valence-electron chi connectivity index (χ1n) is 9.70. The first-order chi connectivity index (χ1) is 14.1. The summed E-state index contributed by atoms with van der Waals surface area (Å²) in [4.78, 5) is 2.13. The van der Waals surface area contributed by atoms with Gasteiger partial charge < -0.3 is 19.7 Å². The van der Waals surface area contributed by atoms with Crippen LogP contribution in [0.2, 0.25) is 5.02 Å². The SMILES string of the molecule is N#Cc1ccc(N(CCC2OCC3(CNC3)CO2)Cc2ccc(Cl)c(F)c2)cc1. The fourth-order valence-corrected chi connectivity index (χ4v) is 3.76. The highest BCUT2D eigenvalue weighted by Crippen LogP contribution is 2.30. The van der Waals surface area contributed by atoms with Gasteiger partial charge in [-0.05, 0) is 42.0 Å². The predicted octanol–water partition coefficient (Wildman–Crippen LogP) is 3.71. The van der Waals surface area contributed by atoms with Crippen LogP contribution in [0.1, 0.15) is 17.5 Å². The van der Waals surface area contributed by atoms with Crippen molar-refractivity contribution < 1.29 is 13.9 Å². The highest BCUT2D eigenvalue weighted by Gasteiger charge is 2.41. The molecular weight excluding hydrogens is 393 g/mol. The van der Waals surface area contributed by atoms with Gasteiger partial charge in [-0.15, -0.1) is 0 Å². The summed E-state index contributed by atoms with van der Waals surface area (Å²) in [7, 11) is 0. The van der Waals surface area contributed by atoms with Crippen LogP contribution in [0.3, 0.4) is 0 Å². The summed E-state index contributed by atoms with van der Waals surface area (Å²) >= 11 is 5.81. The first kappa shape index (κ1) is 20.1. The monoisotopic (exact) mass is 415 g/mol. The molecule has 29 heavy (non-hydrogen) atoms. The van der Waals surface area contributed by atoms with Gasteiger partial charge in [-0.3, -0.25) is 0 Å². The van der Waals surface area contributed by atoms with Crippen molar-refractivity contribution in [2.24, 2.45) is 5.41 Å². The number of hydrogen-bond acceptors (Lipinski definition) is 5. The van der Waals surface area contributed by atoms with Gasteiger partial charge in [0.15, 0.2) is 6.29 Å². The number of rotatable bonds is 6. The van der Waals surface area contributed by atoms with Crippen molar-refractivity contribution in [2.75, 3.05) is 37.7 Å². The lowest BCUT2D eigenvalue weighted by molar-refractivity contribution is -0.239. The number of anilines is 1. The Labute approximate surface area is 175 Å². The van der Waals surface area contributed by atoms with Crippen molar-refractivity contribution in [3.05, 3.63) is 64.4 Å². The van der Waals surface area contributed by atoms with Gasteiger partial charge in [0.25, 0.3) is 0 Å². The summed E-state index contributed by atoms with van der Waals surface area (Å²) in [6.07, 6.45) is 0.448. The number of hydrogen-bond donors (Lipinski definition) is 1. The molecule has 2 aromatic carbocycles. The normalized spacial score (nSPS) is 18.2. The van der Waals surface area contributed by atoms with Gasteiger partial charge in [-0.1, -0.05) is 17.7 Å². The van der Waals surface area contributed by atoms with E-state index in [9.17, 15) is 4.39 Å². The van der Waals surface area contributed by atoms with E-state index in [1.54, 1.807) is 18.2 Å². The Kier molecular flexibility index (Phi) is 6.02. The topological polar surface area (TPSA) is 57.5 Å². The second-order valence-electron chi connectivity index (χ2n) is 7.77. The summed E-state index contributed by atoms with van der Waals surface area (Å²) in [5.74, 6) is -0.428. The van der Waals surface area contributed by atoms with Crippen molar-refractivity contribution in [3.63, 3.8) is 0 Å². The molecule has 2 heterocycles. The van der Waals surface area contributed by atoms with Crippen LogP contribution in [0.25, 0.3) is 0 Å². The molecule has 0 amide bonds. The minimum Gasteiger partial charge on any atom is -0.367 e. The number of ether oxygens (including phenoxy) is 2. The maximum absolute atomic E-state index is 13.9. The Morgan fingerprint density at radius 2 is 1.90 bits per heavy atom. The average Bonchev–Trinajstić information content (AvgIpc) is 2.73. The van der Waals surface area contributed by atoms with Gasteiger partial charge in [0, 0.05) is 43.7 Å². The van der Waals surface area contributed by atoms with Gasteiger partial charge in [0.05, 0.1) is 29.9 Å². The molecule has 0 aliphatic carbocycles. The highest BCUT2D eigenvalue weighted by molar-refractivity contribution is 6.30. The highest BCUT2D eigenvalue weighted by atomic mass is 35.5. The van der Waals surface area contributed by atoms with Gasteiger partial charge in [0.2, 0.25) is 0 Å². The summed E-state index contributed by atoms with van der Waals surface area (Å²) in [5.41, 5.74) is 2.52. The lowest BCUT2D eigenvalue weighted by atomic mass is 9.83. The molecule has 5 nitrogen and oxygen atoms in total. The van der Waals surface area contributed by atoms with Crippen LogP contribution in [0.15, 0.2) is 42.5 Å². The van der Waals surface area contributed by atoms with Crippen LogP contribution in [0.4, 0.5) is 10.1 Å². The van der Waals surface area contributed by atoms with Gasteiger partial charge >= 0.3 is 0 Å². The molecule has 0 bridgehead atoms. The molecule has 0 aromatic heterocycles. The number of benzene rings is 2. The zero-order valence-electron chi connectivity index (χ0n) is 16.0. The molecule has 2 saturated heterocycles. The van der Waals surface area contributed by atoms with Crippen LogP contribution >= 0.6 is 11.6 Å². The van der Waals surface area contributed by atoms with E-state index in [0.29, 0.717) is 38.3 Å². The first-order valence-corrected chi connectivity index (χ1v) is 10.1. The van der Waals surface area contributed by atoms with Crippen LogP contribution in [0, 0.1) is 22.6 Å². The summed E-state index contributed by atoms with van der Waals surface area (Å²) in [5, 5.41) is 12.4. The van der Waals surface area contributed by atoms with Gasteiger partial charge in [-0.2, -0.15) is 5.26 Å². The van der Waals surface area contributed by atoms with E-state index >= 15 is 0 Å². The molecule has 0 atom stereocenters. The molecule has 1 N–H and O–H groups in total. The molecular formula is C22H23ClFN3O2. The minimum atomic E-state index is -0.428. The molecule has 2 aliphatic heterocycles. The number of nitrogens with one attached hydrogen (secondary N) is 1. The van der Waals surface area contributed by atoms with Crippen molar-refractivity contribution in [1.29, 1.82) is 5.26 Å². The maximum Gasteiger partial charge on any atom is 0.159 e. The van der Waals surface area contributed by atoms with E-state index in [0.717, 1.165) is 24.3 Å². The van der Waals surface area contributed by atoms with E-state index in [2.05, 4.69) is 16.3 Å². The lowest BCUT2D eigenvalue weighted by Gasteiger charge is -2.46. The van der Waals surface area contributed by atoms with Crippen molar-refractivity contribution >= 4 is 17.3 Å². The van der Waals surface area contributed by atoms with E-state index in [1.165, 1.54) is 6.07 Å². The fourth-order valence-electron chi connectivity index (χ4n) is 3.64. The molecule has 7 heteroatoms. The standard InChI is InChI=1S/C22H23ClFN3O2/c23-19-6-3-17(9-20(19)24)11-27(18-4-1-16(10-25)2-5-18)8-7-21-28-14-22(15-29-21)12-26-13-22/h1-6,9,21,26H,7-8,11-15H2. The predicted molar refractivity (Wildman–Crippen MR) is 109 cm³/mol. The molecule has 2 aliphatic rings. The van der Waals surface area contributed by atoms with Gasteiger partial charge in [0.1, 0.15) is 5.82 Å². The Morgan fingerprint density at radius 1 is 1.17 bits per heavy atom. The number of nitriles is 1. The molecule has 0 unspecified atom stereocenters. The zero-order chi connectivity index (χ0) is 20.3. The molecule has 1 spiro atoms. The second kappa shape index (κ2) is 8.68. The van der Waals surface area contributed by atoms with Crippen molar-refractivity contribution in [1.82, 2.24) is 5.32 Å². The Bertz CT molecular complexity index is 886. The van der Waals surface area contributed by atoms with E-state index in [1.807, 2.05) is 18.2 Å². The minimum absolute atomic E-state index is 0.113. The third kappa shape index (κ3) is 4.71. The van der Waals surface area contributed by atoms with Crippen LogP contribution < -0.4 is 10.2 Å². The van der Waals surface area contributed by atoms with E-state index < -0.39 is 5.82 Å². The summed E-state index contributed by atoms with van der Waals surface area (Å²) < 4.78 is 25.8. The van der Waals surface area contributed by atoms with Crippen molar-refractivity contribution in [3.8, 4) is 6.07 Å². The summed E-state index contributed by atoms with van der Waals surface area (Å²) in [6.45, 7) is 4.50. The molecule has 2 aromatic rings. The fraction of sp³-hybridized carbons (Fsp3) is 0.409. The third-order valence-corrected chi connectivity index (χ3v) is 5.81. The maximum atomic E-state index is 13.9. The Morgan fingerprint density at radius 3 is 2.48 bits per heavy atom. The molecule has 0 saturated carbocycles. The lowest BCUT2D eigenvalue weighted by Crippen LogP contribution is -2.61. The van der Waals surface area contributed by atoms with Crippen LogP contribution in [-0.4, -0.2) is 39.1 Å². The second-order valence-corrected chi connectivity index (χ2v) is 8.18.